The molecular weight excluding hydrogens is 269 g/mol. The summed E-state index contributed by atoms with van der Waals surface area (Å²) in [6.07, 6.45) is -11.7. The van der Waals surface area contributed by atoms with E-state index in [1.54, 1.807) is 0 Å². The molecule has 0 aliphatic rings. The Bertz CT molecular complexity index is 458. The van der Waals surface area contributed by atoms with Crippen molar-refractivity contribution in [3.8, 4) is 0 Å². The van der Waals surface area contributed by atoms with E-state index in [1.807, 2.05) is 0 Å². The highest BCUT2D eigenvalue weighted by Gasteiger charge is 2.40. The van der Waals surface area contributed by atoms with Crippen LogP contribution in [0.2, 0.25) is 0 Å². The van der Waals surface area contributed by atoms with E-state index < -0.39 is 41.5 Å². The normalized spacial score (nSPS) is 12.6. The molecule has 0 spiro atoms. The summed E-state index contributed by atoms with van der Waals surface area (Å²) in [5.74, 6) is -4.16. The molecule has 0 fully saturated rings. The lowest BCUT2D eigenvalue weighted by Gasteiger charge is -2.11. The number of rotatable bonds is 2. The Morgan fingerprint density at radius 1 is 1.06 bits per heavy atom. The van der Waals surface area contributed by atoms with Crippen LogP contribution in [0, 0.1) is 5.82 Å². The highest BCUT2D eigenvalue weighted by molar-refractivity contribution is 5.86. The Morgan fingerprint density at radius 2 is 1.61 bits per heavy atom. The fraction of sp³-hybridized carbons (Fsp3) is 0.300. The van der Waals surface area contributed by atoms with Crippen molar-refractivity contribution in [2.24, 2.45) is 0 Å². The molecule has 0 heterocycles. The highest BCUT2D eigenvalue weighted by Crippen LogP contribution is 2.33. The number of hydrogen-bond donors (Lipinski definition) is 0. The summed E-state index contributed by atoms with van der Waals surface area (Å²) in [5.41, 5.74) is -2.64. The molecule has 0 unspecified atom stereocenters. The summed E-state index contributed by atoms with van der Waals surface area (Å²) in [4.78, 5) is 10.6. The van der Waals surface area contributed by atoms with Gasteiger partial charge in [-0.05, 0) is 11.6 Å². The largest absolute Gasteiger partial charge is 0.450 e. The van der Waals surface area contributed by atoms with Gasteiger partial charge >= 0.3 is 12.4 Å². The van der Waals surface area contributed by atoms with Crippen LogP contribution in [0.5, 0.6) is 0 Å². The minimum absolute atomic E-state index is 0.386. The van der Waals surface area contributed by atoms with Gasteiger partial charge in [0.15, 0.2) is 0 Å². The molecule has 18 heavy (non-hydrogen) atoms. The Balaban J connectivity index is 3.10. The molecule has 0 aromatic heterocycles. The lowest BCUT2D eigenvalue weighted by molar-refractivity contribution is -0.170. The summed E-state index contributed by atoms with van der Waals surface area (Å²) in [7, 11) is 0. The van der Waals surface area contributed by atoms with E-state index in [0.717, 1.165) is 6.07 Å². The van der Waals surface area contributed by atoms with E-state index in [-0.39, 0.29) is 0 Å². The average molecular weight is 274 g/mol. The number of halogens is 7. The van der Waals surface area contributed by atoms with Crippen LogP contribution in [0.15, 0.2) is 18.2 Å². The molecule has 0 atom stereocenters. The standard InChI is InChI=1S/C10H5F7O/c11-8-5(4-7(18)10(15,16)17)2-1-3-6(8)9(12,13)14/h1-3H,4H2. The van der Waals surface area contributed by atoms with Crippen molar-refractivity contribution in [1.29, 1.82) is 0 Å². The van der Waals surface area contributed by atoms with Crippen molar-refractivity contribution in [3.63, 3.8) is 0 Å². The predicted molar refractivity (Wildman–Crippen MR) is 46.2 cm³/mol. The van der Waals surface area contributed by atoms with Gasteiger partial charge in [0.1, 0.15) is 5.82 Å². The number of alkyl halides is 6. The van der Waals surface area contributed by atoms with Gasteiger partial charge < -0.3 is 0 Å². The van der Waals surface area contributed by atoms with Crippen LogP contribution in [0.25, 0.3) is 0 Å². The highest BCUT2D eigenvalue weighted by atomic mass is 19.4. The third-order valence-electron chi connectivity index (χ3n) is 2.05. The Morgan fingerprint density at radius 3 is 2.06 bits per heavy atom. The van der Waals surface area contributed by atoms with Crippen LogP contribution in [0.3, 0.4) is 0 Å². The Kier molecular flexibility index (Phi) is 3.68. The van der Waals surface area contributed by atoms with Gasteiger partial charge in [-0.1, -0.05) is 12.1 Å². The smallest absolute Gasteiger partial charge is 0.289 e. The molecule has 100 valence electrons. The molecule has 0 saturated carbocycles. The zero-order valence-electron chi connectivity index (χ0n) is 8.49. The zero-order valence-corrected chi connectivity index (χ0v) is 8.49. The van der Waals surface area contributed by atoms with Crippen LogP contribution in [-0.2, 0) is 17.4 Å². The molecule has 1 rings (SSSR count). The predicted octanol–water partition coefficient (Wildman–Crippen LogP) is 3.52. The van der Waals surface area contributed by atoms with Crippen LogP contribution >= 0.6 is 0 Å². The first kappa shape index (κ1) is 14.5. The van der Waals surface area contributed by atoms with Gasteiger partial charge in [-0.25, -0.2) is 4.39 Å². The van der Waals surface area contributed by atoms with Crippen LogP contribution in [-0.4, -0.2) is 12.0 Å². The fourth-order valence-corrected chi connectivity index (χ4v) is 1.21. The maximum Gasteiger partial charge on any atom is 0.450 e. The number of ketones is 1. The number of carbonyl (C=O) groups is 1. The van der Waals surface area contributed by atoms with Gasteiger partial charge in [-0.15, -0.1) is 0 Å². The molecule has 1 aromatic rings. The van der Waals surface area contributed by atoms with Gasteiger partial charge in [0, 0.05) is 6.42 Å². The van der Waals surface area contributed by atoms with E-state index in [9.17, 15) is 35.5 Å². The monoisotopic (exact) mass is 274 g/mol. The molecule has 1 aromatic carbocycles. The second kappa shape index (κ2) is 4.58. The topological polar surface area (TPSA) is 17.1 Å². The SMILES string of the molecule is O=C(Cc1cccc(C(F)(F)F)c1F)C(F)(F)F. The Labute approximate surface area is 96.2 Å². The summed E-state index contributed by atoms with van der Waals surface area (Å²) < 4.78 is 85.8. The molecule has 1 nitrogen and oxygen atoms in total. The van der Waals surface area contributed by atoms with Gasteiger partial charge in [-0.3, -0.25) is 4.79 Å². The third-order valence-corrected chi connectivity index (χ3v) is 2.05. The first-order valence-electron chi connectivity index (χ1n) is 4.48. The Hall–Kier alpha value is -1.60. The third kappa shape index (κ3) is 3.21. The molecule has 0 radical (unpaired) electrons. The summed E-state index contributed by atoms with van der Waals surface area (Å²) in [6.45, 7) is 0. The van der Waals surface area contributed by atoms with Crippen LogP contribution < -0.4 is 0 Å². The molecule has 0 saturated heterocycles. The minimum Gasteiger partial charge on any atom is -0.289 e. The molecule has 0 N–H and O–H groups in total. The van der Waals surface area contributed by atoms with Crippen molar-refractivity contribution >= 4 is 5.78 Å². The molecule has 0 amide bonds. The van der Waals surface area contributed by atoms with Crippen molar-refractivity contribution in [3.05, 3.63) is 35.1 Å². The second-order valence-electron chi connectivity index (χ2n) is 3.37. The van der Waals surface area contributed by atoms with Crippen LogP contribution in [0.4, 0.5) is 30.7 Å². The van der Waals surface area contributed by atoms with Crippen LogP contribution in [0.1, 0.15) is 11.1 Å². The molecule has 0 aliphatic carbocycles. The van der Waals surface area contributed by atoms with E-state index in [1.165, 1.54) is 0 Å². The lowest BCUT2D eigenvalue weighted by atomic mass is 10.0. The van der Waals surface area contributed by atoms with E-state index in [4.69, 9.17) is 0 Å². The maximum absolute atomic E-state index is 13.3. The lowest BCUT2D eigenvalue weighted by Crippen LogP contribution is -2.25. The van der Waals surface area contributed by atoms with Crippen molar-refractivity contribution in [2.45, 2.75) is 18.8 Å². The van der Waals surface area contributed by atoms with Gasteiger partial charge in [0.2, 0.25) is 5.78 Å². The number of Topliss-reactive ketones (excluding diaryl/α,β-unsaturated/α-hetero) is 1. The first-order valence-corrected chi connectivity index (χ1v) is 4.48. The maximum atomic E-state index is 13.3. The number of benzene rings is 1. The fourth-order valence-electron chi connectivity index (χ4n) is 1.21. The van der Waals surface area contributed by atoms with Crippen molar-refractivity contribution in [2.75, 3.05) is 0 Å². The zero-order chi connectivity index (χ0) is 14.1. The summed E-state index contributed by atoms with van der Waals surface area (Å²) in [5, 5.41) is 0. The van der Waals surface area contributed by atoms with Gasteiger partial charge in [0.05, 0.1) is 5.56 Å². The molecule has 0 aliphatic heterocycles. The van der Waals surface area contributed by atoms with Gasteiger partial charge in [0.25, 0.3) is 0 Å². The number of carbonyl (C=O) groups excluding carboxylic acids is 1. The minimum atomic E-state index is -5.21. The number of hydrogen-bond acceptors (Lipinski definition) is 1. The summed E-state index contributed by atoms with van der Waals surface area (Å²) >= 11 is 0. The molecule has 0 bridgehead atoms. The van der Waals surface area contributed by atoms with Gasteiger partial charge in [-0.2, -0.15) is 26.3 Å². The molecular formula is C10H5F7O. The first-order chi connectivity index (χ1) is 8.03. The average Bonchev–Trinajstić information content (AvgIpc) is 2.17. The molecule has 8 heteroatoms. The van der Waals surface area contributed by atoms with E-state index >= 15 is 0 Å². The van der Waals surface area contributed by atoms with E-state index in [2.05, 4.69) is 0 Å². The van der Waals surface area contributed by atoms with E-state index in [0.29, 0.717) is 12.1 Å². The summed E-state index contributed by atoms with van der Waals surface area (Å²) in [6, 6.07) is 1.83. The second-order valence-corrected chi connectivity index (χ2v) is 3.37. The quantitative estimate of drug-likeness (QED) is 0.754. The van der Waals surface area contributed by atoms with Crippen molar-refractivity contribution in [1.82, 2.24) is 0 Å². The van der Waals surface area contributed by atoms with Crippen molar-refractivity contribution < 1.29 is 35.5 Å².